The van der Waals surface area contributed by atoms with Crippen molar-refractivity contribution in [3.05, 3.63) is 33.1 Å². The van der Waals surface area contributed by atoms with Crippen molar-refractivity contribution in [2.75, 3.05) is 13.1 Å². The topological polar surface area (TPSA) is 80.8 Å². The fourth-order valence-electron chi connectivity index (χ4n) is 3.19. The number of likely N-dealkylation sites (tertiary alicyclic amines) is 1. The number of piperidine rings is 1. The average Bonchev–Trinajstić information content (AvgIpc) is 3.34. The van der Waals surface area contributed by atoms with Crippen LogP contribution in [0, 0.1) is 6.92 Å². The van der Waals surface area contributed by atoms with Gasteiger partial charge in [0, 0.05) is 19.5 Å². The summed E-state index contributed by atoms with van der Waals surface area (Å²) in [5.74, 6) is 1.26. The summed E-state index contributed by atoms with van der Waals surface area (Å²) < 4.78 is 5.97. The van der Waals surface area contributed by atoms with Gasteiger partial charge in [-0.1, -0.05) is 21.9 Å². The number of oxime groups is 1. The van der Waals surface area contributed by atoms with E-state index in [2.05, 4.69) is 15.3 Å². The molecule has 0 radical (unpaired) electrons. The van der Waals surface area contributed by atoms with Crippen molar-refractivity contribution in [2.45, 2.75) is 38.2 Å². The zero-order chi connectivity index (χ0) is 17.4. The molecule has 4 heterocycles. The quantitative estimate of drug-likeness (QED) is 0.817. The van der Waals surface area contributed by atoms with E-state index in [0.717, 1.165) is 23.4 Å². The normalized spacial score (nSPS) is 23.4. The highest BCUT2D eigenvalue weighted by atomic mass is 35.5. The number of amides is 1. The number of nitrogens with zero attached hydrogens (tertiary/aromatic N) is 4. The van der Waals surface area contributed by atoms with Crippen molar-refractivity contribution in [3.63, 3.8) is 0 Å². The van der Waals surface area contributed by atoms with Gasteiger partial charge in [-0.25, -0.2) is 0 Å². The van der Waals surface area contributed by atoms with Crippen LogP contribution in [0.4, 0.5) is 0 Å². The third-order valence-electron chi connectivity index (χ3n) is 4.43. The fraction of sp³-hybridized carbons (Fsp3) is 0.500. The Balaban J connectivity index is 1.40. The second-order valence-corrected chi connectivity index (χ2v) is 7.96. The molecule has 2 atom stereocenters. The zero-order valence-electron chi connectivity index (χ0n) is 13.6. The summed E-state index contributed by atoms with van der Waals surface area (Å²) in [5, 5.41) is 7.92. The Morgan fingerprint density at radius 1 is 1.44 bits per heavy atom. The lowest BCUT2D eigenvalue weighted by Crippen LogP contribution is -2.44. The molecule has 1 fully saturated rings. The van der Waals surface area contributed by atoms with Gasteiger partial charge in [-0.3, -0.25) is 4.79 Å². The summed E-state index contributed by atoms with van der Waals surface area (Å²) in [5.41, 5.74) is 0.774. The molecule has 0 spiro atoms. The molecule has 0 bridgehead atoms. The van der Waals surface area contributed by atoms with Gasteiger partial charge in [-0.15, -0.1) is 11.3 Å². The van der Waals surface area contributed by atoms with E-state index in [1.807, 2.05) is 17.0 Å². The lowest BCUT2D eigenvalue weighted by atomic mass is 9.97. The molecule has 0 saturated carbocycles. The summed E-state index contributed by atoms with van der Waals surface area (Å²) in [4.78, 5) is 25.3. The molecule has 1 saturated heterocycles. The molecule has 0 aromatic carbocycles. The first-order valence-corrected chi connectivity index (χ1v) is 9.37. The molecule has 2 aliphatic rings. The summed E-state index contributed by atoms with van der Waals surface area (Å²) in [7, 11) is 0. The second-order valence-electron chi connectivity index (χ2n) is 6.24. The third kappa shape index (κ3) is 3.41. The van der Waals surface area contributed by atoms with Crippen LogP contribution in [-0.4, -0.2) is 45.9 Å². The predicted molar refractivity (Wildman–Crippen MR) is 92.9 cm³/mol. The fourth-order valence-corrected chi connectivity index (χ4v) is 4.22. The number of aromatic nitrogens is 2. The largest absolute Gasteiger partial charge is 0.382 e. The molecule has 2 aromatic rings. The highest BCUT2D eigenvalue weighted by molar-refractivity contribution is 7.18. The van der Waals surface area contributed by atoms with Crippen molar-refractivity contribution in [1.82, 2.24) is 15.0 Å². The first-order chi connectivity index (χ1) is 12.1. The third-order valence-corrected chi connectivity index (χ3v) is 5.71. The Bertz CT molecular complexity index is 818. The van der Waals surface area contributed by atoms with Gasteiger partial charge in [0.1, 0.15) is 5.71 Å². The number of carbonyl (C=O) groups is 1. The number of carbonyl (C=O) groups excluding carboxylic acids is 1. The van der Waals surface area contributed by atoms with Gasteiger partial charge < -0.3 is 14.3 Å². The molecule has 0 unspecified atom stereocenters. The van der Waals surface area contributed by atoms with Crippen LogP contribution in [0.5, 0.6) is 0 Å². The number of thiophene rings is 1. The average molecular weight is 381 g/mol. The maximum absolute atomic E-state index is 12.8. The molecule has 2 aliphatic heterocycles. The van der Waals surface area contributed by atoms with E-state index in [1.54, 1.807) is 6.92 Å². The van der Waals surface area contributed by atoms with Crippen LogP contribution in [-0.2, 0) is 9.63 Å². The van der Waals surface area contributed by atoms with E-state index in [0.29, 0.717) is 35.6 Å². The maximum atomic E-state index is 12.8. The van der Waals surface area contributed by atoms with E-state index < -0.39 is 6.10 Å². The summed E-state index contributed by atoms with van der Waals surface area (Å²) in [6.45, 7) is 3.07. The van der Waals surface area contributed by atoms with E-state index in [-0.39, 0.29) is 11.8 Å². The van der Waals surface area contributed by atoms with Crippen LogP contribution in [0.2, 0.25) is 4.34 Å². The number of rotatable bonds is 3. The summed E-state index contributed by atoms with van der Waals surface area (Å²) in [6.07, 6.45) is 1.74. The monoisotopic (exact) mass is 380 g/mol. The first-order valence-electron chi connectivity index (χ1n) is 8.17. The lowest BCUT2D eigenvalue weighted by Gasteiger charge is -2.32. The van der Waals surface area contributed by atoms with E-state index >= 15 is 0 Å². The van der Waals surface area contributed by atoms with Crippen molar-refractivity contribution in [3.8, 4) is 0 Å². The number of halogens is 1. The van der Waals surface area contributed by atoms with Gasteiger partial charge in [0.2, 0.25) is 12.0 Å². The predicted octanol–water partition coefficient (Wildman–Crippen LogP) is 2.99. The van der Waals surface area contributed by atoms with Gasteiger partial charge in [-0.2, -0.15) is 4.98 Å². The van der Waals surface area contributed by atoms with Crippen LogP contribution >= 0.6 is 22.9 Å². The smallest absolute Gasteiger partial charge is 0.266 e. The molecule has 9 heteroatoms. The molecule has 25 heavy (non-hydrogen) atoms. The van der Waals surface area contributed by atoms with E-state index in [1.165, 1.54) is 11.3 Å². The van der Waals surface area contributed by atoms with Gasteiger partial charge in [0.05, 0.1) is 15.1 Å². The number of hydrogen-bond acceptors (Lipinski definition) is 7. The zero-order valence-corrected chi connectivity index (χ0v) is 15.2. The van der Waals surface area contributed by atoms with Crippen molar-refractivity contribution in [1.29, 1.82) is 0 Å². The molecule has 7 nitrogen and oxygen atoms in total. The Kier molecular flexibility index (Phi) is 4.47. The number of hydrogen-bond donors (Lipinski definition) is 0. The number of aryl methyl sites for hydroxylation is 1. The Hall–Kier alpha value is -1.93. The van der Waals surface area contributed by atoms with Gasteiger partial charge in [-0.05, 0) is 31.9 Å². The van der Waals surface area contributed by atoms with Gasteiger partial charge in [0.15, 0.2) is 5.82 Å². The first kappa shape index (κ1) is 16.5. The SMILES string of the molecule is Cc1noc([C@@H]2CCCN(C(=O)[C@H]3CC(c4ccc(Cl)s4)=NO3)C2)n1. The summed E-state index contributed by atoms with van der Waals surface area (Å²) in [6, 6.07) is 3.72. The van der Waals surface area contributed by atoms with Crippen molar-refractivity contribution in [2.24, 2.45) is 5.16 Å². The van der Waals surface area contributed by atoms with Crippen molar-refractivity contribution < 1.29 is 14.2 Å². The minimum absolute atomic E-state index is 0.0395. The molecule has 4 rings (SSSR count). The minimum atomic E-state index is -0.570. The Morgan fingerprint density at radius 2 is 2.32 bits per heavy atom. The molecule has 0 aliphatic carbocycles. The lowest BCUT2D eigenvalue weighted by molar-refractivity contribution is -0.143. The molecule has 0 N–H and O–H groups in total. The van der Waals surface area contributed by atoms with Crippen LogP contribution in [0.3, 0.4) is 0 Å². The van der Waals surface area contributed by atoms with Crippen LogP contribution in [0.15, 0.2) is 21.8 Å². The van der Waals surface area contributed by atoms with Crippen LogP contribution < -0.4 is 0 Å². The summed E-state index contributed by atoms with van der Waals surface area (Å²) >= 11 is 7.40. The Labute approximate surface area is 153 Å². The van der Waals surface area contributed by atoms with E-state index in [9.17, 15) is 4.79 Å². The van der Waals surface area contributed by atoms with Gasteiger partial charge >= 0.3 is 0 Å². The van der Waals surface area contributed by atoms with Gasteiger partial charge in [0.25, 0.3) is 5.91 Å². The highest BCUT2D eigenvalue weighted by Gasteiger charge is 2.36. The molecular weight excluding hydrogens is 364 g/mol. The standard InChI is InChI=1S/C16H17ClN4O3S/c1-9-18-15(24-19-9)10-3-2-6-21(8-10)16(22)12-7-11(20-23-12)13-4-5-14(17)25-13/h4-5,10,12H,2-3,6-8H2,1H3/t10-,12-/m1/s1. The minimum Gasteiger partial charge on any atom is -0.382 e. The Morgan fingerprint density at radius 3 is 3.04 bits per heavy atom. The molecule has 132 valence electrons. The van der Waals surface area contributed by atoms with E-state index in [4.69, 9.17) is 21.0 Å². The van der Waals surface area contributed by atoms with Crippen LogP contribution in [0.1, 0.15) is 41.8 Å². The molecule has 1 amide bonds. The molecule has 2 aromatic heterocycles. The second kappa shape index (κ2) is 6.76. The molecular formula is C16H17ClN4O3S. The highest BCUT2D eigenvalue weighted by Crippen LogP contribution is 2.29. The maximum Gasteiger partial charge on any atom is 0.266 e. The van der Waals surface area contributed by atoms with Crippen molar-refractivity contribution >= 4 is 34.6 Å². The van der Waals surface area contributed by atoms with Crippen LogP contribution in [0.25, 0.3) is 0 Å².